The van der Waals surface area contributed by atoms with E-state index in [2.05, 4.69) is 38.1 Å². The third-order valence-electron chi connectivity index (χ3n) is 4.89. The summed E-state index contributed by atoms with van der Waals surface area (Å²) in [7, 11) is 1.87. The quantitative estimate of drug-likeness (QED) is 0.923. The number of hydrogen-bond donors (Lipinski definition) is 1. The van der Waals surface area contributed by atoms with E-state index in [1.54, 1.807) is 9.58 Å². The minimum atomic E-state index is -0.267. The third-order valence-corrected chi connectivity index (χ3v) is 4.89. The van der Waals surface area contributed by atoms with E-state index in [4.69, 9.17) is 4.74 Å². The van der Waals surface area contributed by atoms with Crippen LogP contribution in [0.1, 0.15) is 47.0 Å². The van der Waals surface area contributed by atoms with Gasteiger partial charge in [-0.2, -0.15) is 5.10 Å². The van der Waals surface area contributed by atoms with Gasteiger partial charge in [0.2, 0.25) is 5.91 Å². The predicted molar refractivity (Wildman–Crippen MR) is 89.4 cm³/mol. The van der Waals surface area contributed by atoms with Crippen LogP contribution in [0.3, 0.4) is 0 Å². The third kappa shape index (κ3) is 3.28. The first kappa shape index (κ1) is 16.5. The predicted octanol–water partition coefficient (Wildman–Crippen LogP) is 1.85. The molecule has 2 atom stereocenters. The van der Waals surface area contributed by atoms with Crippen LogP contribution in [0, 0.1) is 0 Å². The molecular weight excluding hydrogens is 292 g/mol. The maximum atomic E-state index is 12.9. The molecule has 0 bridgehead atoms. The highest BCUT2D eigenvalue weighted by molar-refractivity contribution is 5.97. The van der Waals surface area contributed by atoms with E-state index in [0.29, 0.717) is 0 Å². The van der Waals surface area contributed by atoms with Crippen molar-refractivity contribution in [2.24, 2.45) is 7.05 Å². The maximum absolute atomic E-state index is 12.9. The van der Waals surface area contributed by atoms with Crippen molar-refractivity contribution in [1.29, 1.82) is 0 Å². The average Bonchev–Trinajstić information content (AvgIpc) is 2.93. The summed E-state index contributed by atoms with van der Waals surface area (Å²) >= 11 is 0. The van der Waals surface area contributed by atoms with Crippen molar-refractivity contribution < 1.29 is 9.53 Å². The summed E-state index contributed by atoms with van der Waals surface area (Å²) in [4.78, 5) is 14.7. The van der Waals surface area contributed by atoms with Crippen molar-refractivity contribution in [3.8, 4) is 0 Å². The Hall–Kier alpha value is -1.40. The van der Waals surface area contributed by atoms with E-state index in [0.717, 1.165) is 31.6 Å². The van der Waals surface area contributed by atoms with Gasteiger partial charge in [-0.25, -0.2) is 0 Å². The average molecular weight is 320 g/mol. The van der Waals surface area contributed by atoms with Crippen molar-refractivity contribution in [2.75, 3.05) is 11.4 Å². The van der Waals surface area contributed by atoms with Gasteiger partial charge < -0.3 is 10.1 Å². The molecule has 2 unspecified atom stereocenters. The van der Waals surface area contributed by atoms with Gasteiger partial charge in [0.15, 0.2) is 5.82 Å². The molecule has 23 heavy (non-hydrogen) atoms. The van der Waals surface area contributed by atoms with Crippen LogP contribution in [0.25, 0.3) is 0 Å². The minimum Gasteiger partial charge on any atom is -0.368 e. The number of piperidine rings is 1. The lowest BCUT2D eigenvalue weighted by atomic mass is 9.92. The monoisotopic (exact) mass is 320 g/mol. The van der Waals surface area contributed by atoms with Crippen LogP contribution in [0.5, 0.6) is 0 Å². The number of aromatic nitrogens is 2. The molecule has 6 nitrogen and oxygen atoms in total. The Morgan fingerprint density at radius 1 is 1.35 bits per heavy atom. The summed E-state index contributed by atoms with van der Waals surface area (Å²) in [5.41, 5.74) is -0.420. The Morgan fingerprint density at radius 2 is 2.09 bits per heavy atom. The molecule has 2 aliphatic heterocycles. The van der Waals surface area contributed by atoms with Crippen molar-refractivity contribution in [3.63, 3.8) is 0 Å². The smallest absolute Gasteiger partial charge is 0.245 e. The molecule has 6 heteroatoms. The number of carbonyl (C=O) groups excluding carboxylic acids is 1. The zero-order valence-corrected chi connectivity index (χ0v) is 14.8. The van der Waals surface area contributed by atoms with Gasteiger partial charge in [-0.05, 0) is 47.0 Å². The molecule has 1 aromatic heterocycles. The minimum absolute atomic E-state index is 0.121. The summed E-state index contributed by atoms with van der Waals surface area (Å²) in [6.45, 7) is 9.16. The number of rotatable bonds is 3. The van der Waals surface area contributed by atoms with Gasteiger partial charge in [0.1, 0.15) is 0 Å². The molecule has 2 aliphatic rings. The molecule has 1 amide bonds. The second-order valence-corrected chi connectivity index (χ2v) is 7.92. The van der Waals surface area contributed by atoms with E-state index in [1.807, 2.05) is 19.3 Å². The number of aryl methyl sites for hydroxylation is 1. The van der Waals surface area contributed by atoms with Gasteiger partial charge in [-0.15, -0.1) is 0 Å². The van der Waals surface area contributed by atoms with Crippen molar-refractivity contribution >= 4 is 11.7 Å². The van der Waals surface area contributed by atoms with Crippen LogP contribution < -0.4 is 10.2 Å². The van der Waals surface area contributed by atoms with Gasteiger partial charge >= 0.3 is 0 Å². The van der Waals surface area contributed by atoms with Crippen LogP contribution >= 0.6 is 0 Å². The first-order valence-electron chi connectivity index (χ1n) is 8.45. The Morgan fingerprint density at radius 3 is 2.65 bits per heavy atom. The molecule has 2 saturated heterocycles. The molecule has 0 saturated carbocycles. The summed E-state index contributed by atoms with van der Waals surface area (Å²) in [6, 6.07) is 1.91. The molecule has 3 rings (SSSR count). The van der Waals surface area contributed by atoms with Crippen LogP contribution in [0.4, 0.5) is 5.82 Å². The van der Waals surface area contributed by atoms with Gasteiger partial charge in [-0.3, -0.25) is 14.4 Å². The largest absolute Gasteiger partial charge is 0.368 e. The summed E-state index contributed by atoms with van der Waals surface area (Å²) in [5, 5.41) is 7.94. The van der Waals surface area contributed by atoms with Gasteiger partial charge in [0.25, 0.3) is 0 Å². The van der Waals surface area contributed by atoms with Crippen LogP contribution in [0.15, 0.2) is 12.3 Å². The lowest BCUT2D eigenvalue weighted by molar-refractivity contribution is -0.122. The zero-order valence-electron chi connectivity index (χ0n) is 14.8. The van der Waals surface area contributed by atoms with Crippen LogP contribution in [0.2, 0.25) is 0 Å². The van der Waals surface area contributed by atoms with Crippen molar-refractivity contribution in [2.45, 2.75) is 70.2 Å². The Kier molecular flexibility index (Phi) is 4.01. The standard InChI is InChI=1S/C17H28N4O2/c1-16(2)11-13(17(3,4)23-16)18-12-7-6-9-21(15(12)22)14-8-10-20(5)19-14/h8,10,12-13,18H,6-7,9,11H2,1-5H3. The molecule has 128 valence electrons. The zero-order chi connectivity index (χ0) is 16.8. The number of anilines is 1. The molecule has 1 aromatic rings. The topological polar surface area (TPSA) is 59.4 Å². The number of ether oxygens (including phenoxy) is 1. The maximum Gasteiger partial charge on any atom is 0.245 e. The fourth-order valence-corrected chi connectivity index (χ4v) is 3.87. The summed E-state index contributed by atoms with van der Waals surface area (Å²) < 4.78 is 7.87. The molecule has 0 spiro atoms. The second-order valence-electron chi connectivity index (χ2n) is 7.92. The molecule has 0 aromatic carbocycles. The molecule has 3 heterocycles. The Labute approximate surface area is 138 Å². The number of carbonyl (C=O) groups is 1. The van der Waals surface area contributed by atoms with E-state index >= 15 is 0 Å². The van der Waals surface area contributed by atoms with E-state index < -0.39 is 0 Å². The highest BCUT2D eigenvalue weighted by Gasteiger charge is 2.47. The van der Waals surface area contributed by atoms with Gasteiger partial charge in [0.05, 0.1) is 17.2 Å². The molecule has 0 aliphatic carbocycles. The van der Waals surface area contributed by atoms with E-state index in [-0.39, 0.29) is 29.2 Å². The lowest BCUT2D eigenvalue weighted by Gasteiger charge is -2.35. The van der Waals surface area contributed by atoms with E-state index in [9.17, 15) is 4.79 Å². The van der Waals surface area contributed by atoms with Gasteiger partial charge in [0, 0.05) is 31.9 Å². The first-order valence-corrected chi connectivity index (χ1v) is 8.45. The molecule has 1 N–H and O–H groups in total. The number of nitrogens with zero attached hydrogens (tertiary/aromatic N) is 3. The van der Waals surface area contributed by atoms with Gasteiger partial charge in [-0.1, -0.05) is 0 Å². The van der Waals surface area contributed by atoms with Crippen LogP contribution in [-0.2, 0) is 16.6 Å². The number of hydrogen-bond acceptors (Lipinski definition) is 4. The van der Waals surface area contributed by atoms with E-state index in [1.165, 1.54) is 0 Å². The molecule has 2 fully saturated rings. The summed E-state index contributed by atoms with van der Waals surface area (Å²) in [6.07, 6.45) is 4.63. The molecule has 0 radical (unpaired) electrons. The first-order chi connectivity index (χ1) is 10.7. The van der Waals surface area contributed by atoms with Crippen molar-refractivity contribution in [3.05, 3.63) is 12.3 Å². The number of amides is 1. The SMILES string of the molecule is Cn1ccc(N2CCCC(NC3CC(C)(C)OC3(C)C)C2=O)n1. The lowest BCUT2D eigenvalue weighted by Crippen LogP contribution is -2.56. The Bertz CT molecular complexity index is 593. The second kappa shape index (κ2) is 5.60. The highest BCUT2D eigenvalue weighted by atomic mass is 16.5. The van der Waals surface area contributed by atoms with Crippen LogP contribution in [-0.4, -0.2) is 45.5 Å². The molecular formula is C17H28N4O2. The Balaban J connectivity index is 1.72. The van der Waals surface area contributed by atoms with Crippen molar-refractivity contribution in [1.82, 2.24) is 15.1 Å². The number of nitrogens with one attached hydrogen (secondary N) is 1. The fourth-order valence-electron chi connectivity index (χ4n) is 3.87. The fraction of sp³-hybridized carbons (Fsp3) is 0.765. The summed E-state index contributed by atoms with van der Waals surface area (Å²) in [5.74, 6) is 0.863. The highest BCUT2D eigenvalue weighted by Crippen LogP contribution is 2.37. The normalized spacial score (nSPS) is 30.0.